The van der Waals surface area contributed by atoms with E-state index in [1.807, 2.05) is 20.8 Å². The molecule has 3 aliphatic rings. The van der Waals surface area contributed by atoms with Gasteiger partial charge in [-0.05, 0) is 39.5 Å². The fourth-order valence-electron chi connectivity index (χ4n) is 5.42. The summed E-state index contributed by atoms with van der Waals surface area (Å²) in [6.45, 7) is 5.91. The zero-order valence-electron chi connectivity index (χ0n) is 16.6. The molecule has 152 valence electrons. The molecule has 0 radical (unpaired) electrons. The lowest BCUT2D eigenvalue weighted by molar-refractivity contribution is -0.147. The molecule has 3 amide bonds. The third kappa shape index (κ3) is 2.76. The summed E-state index contributed by atoms with van der Waals surface area (Å²) in [5.74, 6) is -1.92. The summed E-state index contributed by atoms with van der Waals surface area (Å²) in [4.78, 5) is 40.7. The first-order chi connectivity index (χ1) is 12.8. The van der Waals surface area contributed by atoms with Crippen molar-refractivity contribution in [2.75, 3.05) is 20.2 Å². The van der Waals surface area contributed by atoms with E-state index in [0.717, 1.165) is 0 Å². The first-order valence-corrected chi connectivity index (χ1v) is 9.91. The molecule has 3 N–H and O–H groups in total. The summed E-state index contributed by atoms with van der Waals surface area (Å²) in [5, 5.41) is 14.8. The predicted molar refractivity (Wildman–Crippen MR) is 97.6 cm³/mol. The second-order valence-corrected chi connectivity index (χ2v) is 8.22. The van der Waals surface area contributed by atoms with Crippen LogP contribution in [0.5, 0.6) is 0 Å². The molecule has 8 heteroatoms. The lowest BCUT2D eigenvalue weighted by Gasteiger charge is -2.34. The Kier molecular flexibility index (Phi) is 5.24. The number of nitrogens with zero attached hydrogens (tertiary/aromatic N) is 1. The van der Waals surface area contributed by atoms with Crippen molar-refractivity contribution in [1.82, 2.24) is 15.5 Å². The van der Waals surface area contributed by atoms with E-state index in [1.54, 1.807) is 7.05 Å². The van der Waals surface area contributed by atoms with Crippen molar-refractivity contribution in [2.24, 2.45) is 11.8 Å². The van der Waals surface area contributed by atoms with Gasteiger partial charge in [-0.3, -0.25) is 14.4 Å². The number of aliphatic hydroxyl groups is 1. The van der Waals surface area contributed by atoms with E-state index in [-0.39, 0.29) is 36.9 Å². The van der Waals surface area contributed by atoms with E-state index in [1.165, 1.54) is 4.90 Å². The Balaban J connectivity index is 2.06. The molecular weight excluding hydrogens is 350 g/mol. The van der Waals surface area contributed by atoms with Crippen molar-refractivity contribution in [3.63, 3.8) is 0 Å². The van der Waals surface area contributed by atoms with Gasteiger partial charge in [0, 0.05) is 26.2 Å². The zero-order valence-corrected chi connectivity index (χ0v) is 16.6. The average Bonchev–Trinajstić information content (AvgIpc) is 3.22. The molecule has 3 fully saturated rings. The van der Waals surface area contributed by atoms with Crippen LogP contribution < -0.4 is 10.6 Å². The van der Waals surface area contributed by atoms with Gasteiger partial charge in [0.1, 0.15) is 11.6 Å². The Morgan fingerprint density at radius 3 is 2.59 bits per heavy atom. The van der Waals surface area contributed by atoms with Crippen LogP contribution >= 0.6 is 0 Å². The van der Waals surface area contributed by atoms with Gasteiger partial charge in [-0.1, -0.05) is 6.92 Å². The number of nitrogens with one attached hydrogen (secondary N) is 2. The van der Waals surface area contributed by atoms with Gasteiger partial charge in [0.15, 0.2) is 0 Å². The number of carbonyl (C=O) groups is 3. The van der Waals surface area contributed by atoms with Gasteiger partial charge >= 0.3 is 0 Å². The van der Waals surface area contributed by atoms with Crippen LogP contribution in [-0.2, 0) is 19.1 Å². The Bertz CT molecular complexity index is 639. The molecule has 3 saturated heterocycles. The van der Waals surface area contributed by atoms with Crippen LogP contribution in [0.2, 0.25) is 0 Å². The van der Waals surface area contributed by atoms with Gasteiger partial charge in [0.2, 0.25) is 17.7 Å². The van der Waals surface area contributed by atoms with E-state index in [0.29, 0.717) is 25.7 Å². The maximum atomic E-state index is 13.4. The molecular formula is C19H31N3O5. The standard InChI is InChI=1S/C19H31N3O5/c1-5-18-7-8-19(27-18)13(12(18)15(24)20-4)17(26)22(9-6-10-23)14(19)16(25)21-11(2)3/h11-14,23H,5-10H2,1-4H3,(H,20,24)(H,21,25)/t12-,13-,14?,18+,19?/m0/s1. The minimum absolute atomic E-state index is 0.0708. The predicted octanol–water partition coefficient (Wildman–Crippen LogP) is -0.206. The highest BCUT2D eigenvalue weighted by atomic mass is 16.5. The SMILES string of the molecule is CC[C@]12CCC3(O1)C(C(=O)NC(C)C)N(CCCO)C(=O)[C@@H]3[C@H]2C(=O)NC. The molecule has 0 aliphatic carbocycles. The molecule has 0 saturated carbocycles. The molecule has 3 heterocycles. The van der Waals surface area contributed by atoms with Gasteiger partial charge in [0.25, 0.3) is 0 Å². The average molecular weight is 381 g/mol. The number of aliphatic hydroxyl groups excluding tert-OH is 1. The van der Waals surface area contributed by atoms with Gasteiger partial charge in [0.05, 0.1) is 17.4 Å². The summed E-state index contributed by atoms with van der Waals surface area (Å²) in [5.41, 5.74) is -1.67. The Morgan fingerprint density at radius 1 is 1.33 bits per heavy atom. The van der Waals surface area contributed by atoms with Gasteiger partial charge in [-0.2, -0.15) is 0 Å². The molecule has 2 bridgehead atoms. The van der Waals surface area contributed by atoms with Crippen molar-refractivity contribution < 1.29 is 24.2 Å². The van der Waals surface area contributed by atoms with Crippen LogP contribution in [0.15, 0.2) is 0 Å². The maximum Gasteiger partial charge on any atom is 0.246 e. The minimum Gasteiger partial charge on any atom is -0.396 e. The zero-order chi connectivity index (χ0) is 20.0. The van der Waals surface area contributed by atoms with E-state index in [9.17, 15) is 19.5 Å². The number of hydrogen-bond donors (Lipinski definition) is 3. The van der Waals surface area contributed by atoms with E-state index >= 15 is 0 Å². The van der Waals surface area contributed by atoms with Crippen LogP contribution in [0.1, 0.15) is 46.5 Å². The minimum atomic E-state index is -0.974. The summed E-state index contributed by atoms with van der Waals surface area (Å²) in [6, 6.07) is -0.844. The van der Waals surface area contributed by atoms with Gasteiger partial charge < -0.3 is 25.4 Å². The van der Waals surface area contributed by atoms with Crippen LogP contribution in [0.3, 0.4) is 0 Å². The van der Waals surface area contributed by atoms with Crippen molar-refractivity contribution in [3.8, 4) is 0 Å². The van der Waals surface area contributed by atoms with Crippen LogP contribution in [-0.4, -0.2) is 71.2 Å². The second-order valence-electron chi connectivity index (χ2n) is 8.22. The number of amides is 3. The molecule has 1 spiro atoms. The van der Waals surface area contributed by atoms with E-state index in [2.05, 4.69) is 10.6 Å². The number of likely N-dealkylation sites (tertiary alicyclic amines) is 1. The first-order valence-electron chi connectivity index (χ1n) is 9.91. The van der Waals surface area contributed by atoms with Crippen LogP contribution in [0.25, 0.3) is 0 Å². The summed E-state index contributed by atoms with van der Waals surface area (Å²) >= 11 is 0. The third-order valence-corrected chi connectivity index (χ3v) is 6.45. The van der Waals surface area contributed by atoms with Crippen molar-refractivity contribution in [2.45, 2.75) is 69.7 Å². The lowest BCUT2D eigenvalue weighted by Crippen LogP contribution is -2.56. The van der Waals surface area contributed by atoms with Crippen LogP contribution in [0, 0.1) is 11.8 Å². The number of fused-ring (bicyclic) bond motifs is 1. The highest BCUT2D eigenvalue weighted by Gasteiger charge is 2.78. The molecule has 5 atom stereocenters. The topological polar surface area (TPSA) is 108 Å². The molecule has 3 rings (SSSR count). The first kappa shape index (κ1) is 20.1. The summed E-state index contributed by atoms with van der Waals surface area (Å²) in [7, 11) is 1.57. The van der Waals surface area contributed by atoms with Crippen molar-refractivity contribution in [1.29, 1.82) is 0 Å². The molecule has 0 aromatic carbocycles. The van der Waals surface area contributed by atoms with Crippen LogP contribution in [0.4, 0.5) is 0 Å². The Hall–Kier alpha value is -1.67. The fourth-order valence-corrected chi connectivity index (χ4v) is 5.42. The lowest BCUT2D eigenvalue weighted by atomic mass is 9.65. The maximum absolute atomic E-state index is 13.4. The molecule has 3 aliphatic heterocycles. The molecule has 27 heavy (non-hydrogen) atoms. The number of carbonyl (C=O) groups excluding carboxylic acids is 3. The number of rotatable bonds is 7. The molecule has 0 aromatic heterocycles. The number of ether oxygens (including phenoxy) is 1. The van der Waals surface area contributed by atoms with E-state index < -0.39 is 29.1 Å². The molecule has 0 aromatic rings. The van der Waals surface area contributed by atoms with Gasteiger partial charge in [-0.15, -0.1) is 0 Å². The molecule has 2 unspecified atom stereocenters. The monoisotopic (exact) mass is 381 g/mol. The molecule has 8 nitrogen and oxygen atoms in total. The summed E-state index contributed by atoms with van der Waals surface area (Å²) < 4.78 is 6.51. The highest BCUT2D eigenvalue weighted by Crippen LogP contribution is 2.64. The third-order valence-electron chi connectivity index (χ3n) is 6.45. The van der Waals surface area contributed by atoms with Crippen molar-refractivity contribution in [3.05, 3.63) is 0 Å². The number of hydrogen-bond acceptors (Lipinski definition) is 5. The van der Waals surface area contributed by atoms with E-state index in [4.69, 9.17) is 4.74 Å². The fraction of sp³-hybridized carbons (Fsp3) is 0.842. The quantitative estimate of drug-likeness (QED) is 0.566. The Labute approximate surface area is 160 Å². The van der Waals surface area contributed by atoms with Gasteiger partial charge in [-0.25, -0.2) is 0 Å². The Morgan fingerprint density at radius 2 is 2.04 bits per heavy atom. The van der Waals surface area contributed by atoms with Crippen molar-refractivity contribution >= 4 is 17.7 Å². The smallest absolute Gasteiger partial charge is 0.246 e. The highest BCUT2D eigenvalue weighted by molar-refractivity contribution is 5.99. The summed E-state index contributed by atoms with van der Waals surface area (Å²) in [6.07, 6.45) is 2.23. The second kappa shape index (κ2) is 7.05. The largest absolute Gasteiger partial charge is 0.396 e. The normalized spacial score (nSPS) is 37.0.